The Kier molecular flexibility index (Phi) is 8.55. The molecular weight excluding hydrogens is 487 g/mol. The summed E-state index contributed by atoms with van der Waals surface area (Å²) in [5.74, 6) is -1.33. The molecule has 0 N–H and O–H groups in total. The number of benzene rings is 2. The number of hydrogen-bond acceptors (Lipinski definition) is 7. The minimum absolute atomic E-state index is 0.0748. The molecule has 0 bridgehead atoms. The Morgan fingerprint density at radius 3 is 2.64 bits per heavy atom. The Morgan fingerprint density at radius 1 is 1.27 bits per heavy atom. The minimum atomic E-state index is -3.95. The average Bonchev–Trinajstić information content (AvgIpc) is 3.19. The molecule has 7 nitrogen and oxygen atoms in total. The molecule has 1 fully saturated rings. The second-order valence-corrected chi connectivity index (χ2v) is 9.93. The molecule has 2 atom stereocenters. The van der Waals surface area contributed by atoms with E-state index in [4.69, 9.17) is 36.9 Å². The van der Waals surface area contributed by atoms with Gasteiger partial charge in [-0.3, -0.25) is 9.19 Å². The van der Waals surface area contributed by atoms with Crippen LogP contribution in [0.4, 0.5) is 0 Å². The summed E-state index contributed by atoms with van der Waals surface area (Å²) in [5.41, 5.74) is 1.49. The first-order valence-electron chi connectivity index (χ1n) is 10.3. The average molecular weight is 513 g/mol. The van der Waals surface area contributed by atoms with Gasteiger partial charge < -0.3 is 9.47 Å². The predicted octanol–water partition coefficient (Wildman–Crippen LogP) is 5.12. The number of hydrogen-bond donors (Lipinski definition) is 0. The topological polar surface area (TPSA) is 77.4 Å². The molecule has 1 aliphatic heterocycles. The fraction of sp³-hybridized carbons (Fsp3) is 0.348. The molecule has 0 aromatic heterocycles. The van der Waals surface area contributed by atoms with E-state index >= 15 is 0 Å². The maximum atomic E-state index is 12.6. The second-order valence-electron chi connectivity index (χ2n) is 7.47. The molecule has 2 aromatic rings. The van der Waals surface area contributed by atoms with Crippen LogP contribution in [0.15, 0.2) is 65.2 Å². The third-order valence-corrected chi connectivity index (χ3v) is 6.76. The zero-order valence-electron chi connectivity index (χ0n) is 18.4. The molecule has 1 aliphatic rings. The molecule has 178 valence electrons. The van der Waals surface area contributed by atoms with Gasteiger partial charge in [0.1, 0.15) is 6.10 Å². The molecule has 1 heterocycles. The molecule has 2 unspecified atom stereocenters. The van der Waals surface area contributed by atoms with Crippen molar-refractivity contribution in [2.24, 2.45) is 5.10 Å². The van der Waals surface area contributed by atoms with Gasteiger partial charge in [-0.15, -0.1) is 0 Å². The molecule has 10 heteroatoms. The van der Waals surface area contributed by atoms with Gasteiger partial charge in [0.05, 0.1) is 29.7 Å². The lowest BCUT2D eigenvalue weighted by atomic mass is 10.1. The summed E-state index contributed by atoms with van der Waals surface area (Å²) in [4.78, 5) is 0.0748. The highest BCUT2D eigenvalue weighted by Gasteiger charge is 2.46. The summed E-state index contributed by atoms with van der Waals surface area (Å²) in [5, 5.41) is 6.71. The van der Waals surface area contributed by atoms with Gasteiger partial charge in [-0.2, -0.15) is 13.5 Å². The van der Waals surface area contributed by atoms with Crippen LogP contribution in [0.5, 0.6) is 0 Å². The minimum Gasteiger partial charge on any atom is -0.342 e. The highest BCUT2D eigenvalue weighted by atomic mass is 35.5. The van der Waals surface area contributed by atoms with Crippen molar-refractivity contribution in [3.05, 3.63) is 76.4 Å². The fourth-order valence-electron chi connectivity index (χ4n) is 3.25. The summed E-state index contributed by atoms with van der Waals surface area (Å²) >= 11 is 12.5. The zero-order valence-corrected chi connectivity index (χ0v) is 20.7. The van der Waals surface area contributed by atoms with Crippen LogP contribution in [0.3, 0.4) is 0 Å². The number of rotatable bonds is 10. The Bertz CT molecular complexity index is 1110. The van der Waals surface area contributed by atoms with Crippen molar-refractivity contribution in [3.8, 4) is 0 Å². The third kappa shape index (κ3) is 6.35. The van der Waals surface area contributed by atoms with Gasteiger partial charge in [-0.05, 0) is 37.6 Å². The van der Waals surface area contributed by atoms with E-state index in [1.165, 1.54) is 18.3 Å². The van der Waals surface area contributed by atoms with Crippen LogP contribution in [0.1, 0.15) is 24.5 Å². The van der Waals surface area contributed by atoms with Crippen LogP contribution in [0.2, 0.25) is 10.0 Å². The summed E-state index contributed by atoms with van der Waals surface area (Å²) in [6.45, 7) is 7.62. The lowest BCUT2D eigenvalue weighted by Crippen LogP contribution is -2.39. The van der Waals surface area contributed by atoms with Crippen molar-refractivity contribution in [3.63, 3.8) is 0 Å². The Labute approximate surface area is 204 Å². The number of ether oxygens (including phenoxy) is 2. The zero-order chi connectivity index (χ0) is 24.1. The summed E-state index contributed by atoms with van der Waals surface area (Å²) < 4.78 is 42.7. The highest BCUT2D eigenvalue weighted by Crippen LogP contribution is 2.40. The van der Waals surface area contributed by atoms with Crippen LogP contribution in [0, 0.1) is 6.92 Å². The van der Waals surface area contributed by atoms with Gasteiger partial charge >= 0.3 is 0 Å². The van der Waals surface area contributed by atoms with E-state index in [1.54, 1.807) is 41.6 Å². The Hall–Kier alpha value is -1.94. The quantitative estimate of drug-likeness (QED) is 0.250. The number of halogens is 2. The SMILES string of the molecule is C=CN(CC1(c2ccc(Cl)cc2Cl)OCC(COS(=O)(=O)c2ccc(C)cc2)O1)/N=C\CC. The molecule has 2 aromatic carbocycles. The summed E-state index contributed by atoms with van der Waals surface area (Å²) in [6, 6.07) is 11.4. The molecule has 0 radical (unpaired) electrons. The normalized spacial score (nSPS) is 20.9. The maximum Gasteiger partial charge on any atom is 0.297 e. The van der Waals surface area contributed by atoms with Crippen LogP contribution >= 0.6 is 23.2 Å². The van der Waals surface area contributed by atoms with Gasteiger partial charge in [0, 0.05) is 23.0 Å². The molecule has 0 spiro atoms. The summed E-state index contributed by atoms with van der Waals surface area (Å²) in [6.07, 6.45) is 3.33. The van der Waals surface area contributed by atoms with Crippen LogP contribution < -0.4 is 0 Å². The fourth-order valence-corrected chi connectivity index (χ4v) is 4.73. The van der Waals surface area contributed by atoms with Gasteiger partial charge in [0.25, 0.3) is 10.1 Å². The van der Waals surface area contributed by atoms with Crippen molar-refractivity contribution in [1.29, 1.82) is 0 Å². The number of nitrogens with zero attached hydrogens (tertiary/aromatic N) is 2. The number of aryl methyl sites for hydroxylation is 1. The predicted molar refractivity (Wildman–Crippen MR) is 129 cm³/mol. The lowest BCUT2D eigenvalue weighted by molar-refractivity contribution is -0.187. The van der Waals surface area contributed by atoms with Gasteiger partial charge in [0.2, 0.25) is 5.79 Å². The van der Waals surface area contributed by atoms with Crippen molar-refractivity contribution in [2.75, 3.05) is 19.8 Å². The molecule has 0 amide bonds. The largest absolute Gasteiger partial charge is 0.342 e. The van der Waals surface area contributed by atoms with Gasteiger partial charge in [-0.1, -0.05) is 60.5 Å². The van der Waals surface area contributed by atoms with Crippen LogP contribution in [-0.2, 0) is 29.6 Å². The molecular formula is C23H26Cl2N2O5S. The lowest BCUT2D eigenvalue weighted by Gasteiger charge is -2.32. The first kappa shape index (κ1) is 25.7. The van der Waals surface area contributed by atoms with Crippen molar-refractivity contribution in [1.82, 2.24) is 5.01 Å². The Balaban J connectivity index is 1.81. The van der Waals surface area contributed by atoms with E-state index in [9.17, 15) is 8.42 Å². The smallest absolute Gasteiger partial charge is 0.297 e. The first-order chi connectivity index (χ1) is 15.7. The monoisotopic (exact) mass is 512 g/mol. The van der Waals surface area contributed by atoms with Gasteiger partial charge in [-0.25, -0.2) is 0 Å². The van der Waals surface area contributed by atoms with Crippen LogP contribution in [0.25, 0.3) is 0 Å². The van der Waals surface area contributed by atoms with Crippen molar-refractivity contribution >= 4 is 39.5 Å². The molecule has 0 saturated carbocycles. The standard InChI is InChI=1S/C23H26Cl2N2O5S/c1-4-12-26-27(5-2)16-23(21-11-8-18(24)13-22(21)25)30-14-19(32-23)15-31-33(28,29)20-9-6-17(3)7-10-20/h5-13,19H,2,4,14-16H2,1,3H3/b26-12-. The van der Waals surface area contributed by atoms with Crippen LogP contribution in [-0.4, -0.2) is 45.5 Å². The molecule has 1 saturated heterocycles. The van der Waals surface area contributed by atoms with E-state index in [2.05, 4.69) is 11.7 Å². The third-order valence-electron chi connectivity index (χ3n) is 4.91. The maximum absolute atomic E-state index is 12.6. The van der Waals surface area contributed by atoms with E-state index in [-0.39, 0.29) is 24.7 Å². The van der Waals surface area contributed by atoms with E-state index in [0.717, 1.165) is 12.0 Å². The van der Waals surface area contributed by atoms with Crippen molar-refractivity contribution < 1.29 is 22.1 Å². The van der Waals surface area contributed by atoms with E-state index in [0.29, 0.717) is 15.6 Å². The molecule has 0 aliphatic carbocycles. The van der Waals surface area contributed by atoms with Crippen molar-refractivity contribution in [2.45, 2.75) is 37.1 Å². The summed E-state index contributed by atoms with van der Waals surface area (Å²) in [7, 11) is -3.95. The van der Waals surface area contributed by atoms with Gasteiger partial charge in [0.15, 0.2) is 0 Å². The second kappa shape index (κ2) is 11.0. The van der Waals surface area contributed by atoms with E-state index < -0.39 is 22.0 Å². The molecule has 33 heavy (non-hydrogen) atoms. The molecule has 3 rings (SSSR count). The first-order valence-corrected chi connectivity index (χ1v) is 12.5. The Morgan fingerprint density at radius 2 is 2.00 bits per heavy atom. The number of hydrazone groups is 1. The highest BCUT2D eigenvalue weighted by molar-refractivity contribution is 7.86. The van der Waals surface area contributed by atoms with E-state index in [1.807, 2.05) is 13.8 Å².